The number of nitrogens with zero attached hydrogens (tertiary/aromatic N) is 3. The summed E-state index contributed by atoms with van der Waals surface area (Å²) >= 11 is 0. The summed E-state index contributed by atoms with van der Waals surface area (Å²) in [5.41, 5.74) is 2.62. The number of para-hydroxylation sites is 1. The van der Waals surface area contributed by atoms with Crippen molar-refractivity contribution in [1.82, 2.24) is 14.8 Å². The number of pyridine rings is 1. The Kier molecular flexibility index (Phi) is 5.83. The second-order valence-electron chi connectivity index (χ2n) is 7.22. The van der Waals surface area contributed by atoms with Crippen molar-refractivity contribution in [3.63, 3.8) is 0 Å². The van der Waals surface area contributed by atoms with Crippen LogP contribution in [0.1, 0.15) is 11.4 Å². The van der Waals surface area contributed by atoms with Crippen molar-refractivity contribution in [1.29, 1.82) is 0 Å². The molecule has 2 aromatic carbocycles. The average Bonchev–Trinajstić information content (AvgIpc) is 3.02. The van der Waals surface area contributed by atoms with Crippen LogP contribution in [-0.4, -0.2) is 23.2 Å². The molecule has 9 heteroatoms. The molecule has 32 heavy (non-hydrogen) atoms. The molecule has 0 aliphatic rings. The van der Waals surface area contributed by atoms with Crippen molar-refractivity contribution in [3.05, 3.63) is 84.3 Å². The zero-order valence-corrected chi connectivity index (χ0v) is 18.7. The van der Waals surface area contributed by atoms with Gasteiger partial charge in [-0.25, -0.2) is 13.4 Å². The molecule has 4 rings (SSSR count). The van der Waals surface area contributed by atoms with Gasteiger partial charge in [-0.2, -0.15) is 5.10 Å². The number of rotatable bonds is 7. The molecule has 0 saturated heterocycles. The standard InChI is InChI=1S/C23H23N5O3S/c1-16-23(17(2)28(3)26-16)27-32(29,30)21-13-14-22(24-15-21)25-18-9-11-20(12-10-18)31-19-7-5-4-6-8-19/h4-15,27H,1-3H3,(H,24,25). The van der Waals surface area contributed by atoms with E-state index in [0.29, 0.717) is 22.9 Å². The summed E-state index contributed by atoms with van der Waals surface area (Å²) in [6.07, 6.45) is 1.32. The van der Waals surface area contributed by atoms with Gasteiger partial charge in [0, 0.05) is 18.9 Å². The van der Waals surface area contributed by atoms with Gasteiger partial charge >= 0.3 is 0 Å². The van der Waals surface area contributed by atoms with Crippen LogP contribution in [0.25, 0.3) is 0 Å². The van der Waals surface area contributed by atoms with E-state index in [1.807, 2.05) is 54.6 Å². The maximum Gasteiger partial charge on any atom is 0.263 e. The monoisotopic (exact) mass is 449 g/mol. The van der Waals surface area contributed by atoms with E-state index < -0.39 is 10.0 Å². The number of aromatic nitrogens is 3. The SMILES string of the molecule is Cc1nn(C)c(C)c1NS(=O)(=O)c1ccc(Nc2ccc(Oc3ccccc3)cc2)nc1. The molecule has 2 aromatic heterocycles. The second-order valence-corrected chi connectivity index (χ2v) is 8.90. The van der Waals surface area contributed by atoms with Crippen molar-refractivity contribution >= 4 is 27.2 Å². The van der Waals surface area contributed by atoms with Crippen molar-refractivity contribution < 1.29 is 13.2 Å². The normalized spacial score (nSPS) is 11.2. The summed E-state index contributed by atoms with van der Waals surface area (Å²) in [4.78, 5) is 4.31. The lowest BCUT2D eigenvalue weighted by Crippen LogP contribution is -2.14. The van der Waals surface area contributed by atoms with Crippen molar-refractivity contribution in [2.45, 2.75) is 18.7 Å². The molecule has 0 unspecified atom stereocenters. The zero-order valence-electron chi connectivity index (χ0n) is 17.9. The molecule has 0 radical (unpaired) electrons. The van der Waals surface area contributed by atoms with E-state index in [4.69, 9.17) is 4.74 Å². The van der Waals surface area contributed by atoms with Gasteiger partial charge in [-0.15, -0.1) is 0 Å². The number of nitrogens with one attached hydrogen (secondary N) is 2. The fraction of sp³-hybridized carbons (Fsp3) is 0.130. The van der Waals surface area contributed by atoms with Crippen LogP contribution < -0.4 is 14.8 Å². The number of sulfonamides is 1. The van der Waals surface area contributed by atoms with Gasteiger partial charge in [0.05, 0.1) is 17.1 Å². The number of ether oxygens (including phenoxy) is 1. The third-order valence-electron chi connectivity index (χ3n) is 4.90. The first-order valence-corrected chi connectivity index (χ1v) is 11.4. The molecule has 0 saturated carbocycles. The Morgan fingerprint density at radius 3 is 2.19 bits per heavy atom. The molecule has 0 spiro atoms. The van der Waals surface area contributed by atoms with Gasteiger partial charge in [0.25, 0.3) is 10.0 Å². The highest BCUT2D eigenvalue weighted by Gasteiger charge is 2.19. The zero-order chi connectivity index (χ0) is 22.7. The second kappa shape index (κ2) is 8.72. The van der Waals surface area contributed by atoms with E-state index in [1.54, 1.807) is 31.6 Å². The molecule has 164 valence electrons. The lowest BCUT2D eigenvalue weighted by molar-refractivity contribution is 0.483. The van der Waals surface area contributed by atoms with Crippen LogP contribution in [0.5, 0.6) is 11.5 Å². The first-order chi connectivity index (χ1) is 15.3. The topological polar surface area (TPSA) is 98.1 Å². The molecule has 2 N–H and O–H groups in total. The van der Waals surface area contributed by atoms with Gasteiger partial charge in [-0.3, -0.25) is 9.40 Å². The Bertz CT molecular complexity index is 1320. The number of hydrogen-bond acceptors (Lipinski definition) is 6. The third kappa shape index (κ3) is 4.73. The van der Waals surface area contributed by atoms with Crippen LogP contribution in [0.2, 0.25) is 0 Å². The third-order valence-corrected chi connectivity index (χ3v) is 6.23. The number of anilines is 3. The Hall–Kier alpha value is -3.85. The Balaban J connectivity index is 1.43. The molecular formula is C23H23N5O3S. The first-order valence-electron chi connectivity index (χ1n) is 9.91. The number of aryl methyl sites for hydroxylation is 2. The maximum absolute atomic E-state index is 12.7. The molecule has 4 aromatic rings. The molecule has 0 aliphatic heterocycles. The van der Waals surface area contributed by atoms with E-state index in [9.17, 15) is 8.42 Å². The minimum Gasteiger partial charge on any atom is -0.457 e. The van der Waals surface area contributed by atoms with Gasteiger partial charge in [0.1, 0.15) is 22.2 Å². The van der Waals surface area contributed by atoms with Crippen LogP contribution in [0, 0.1) is 13.8 Å². The maximum atomic E-state index is 12.7. The fourth-order valence-electron chi connectivity index (χ4n) is 3.11. The summed E-state index contributed by atoms with van der Waals surface area (Å²) < 4.78 is 35.5. The predicted octanol–water partition coefficient (Wildman–Crippen LogP) is 4.77. The summed E-state index contributed by atoms with van der Waals surface area (Å²) in [7, 11) is -2.01. The van der Waals surface area contributed by atoms with Gasteiger partial charge in [-0.1, -0.05) is 18.2 Å². The molecule has 2 heterocycles. The summed E-state index contributed by atoms with van der Waals surface area (Å²) in [5, 5.41) is 7.38. The quantitative estimate of drug-likeness (QED) is 0.422. The van der Waals surface area contributed by atoms with Gasteiger partial charge in [-0.05, 0) is 62.4 Å². The Morgan fingerprint density at radius 2 is 1.59 bits per heavy atom. The van der Waals surface area contributed by atoms with Crippen LogP contribution in [0.4, 0.5) is 17.2 Å². The smallest absolute Gasteiger partial charge is 0.263 e. The lowest BCUT2D eigenvalue weighted by Gasteiger charge is -2.10. The van der Waals surface area contributed by atoms with Crippen molar-refractivity contribution in [2.24, 2.45) is 7.05 Å². The summed E-state index contributed by atoms with van der Waals surface area (Å²) in [5.74, 6) is 1.99. The molecular weight excluding hydrogens is 426 g/mol. The van der Waals surface area contributed by atoms with E-state index in [0.717, 1.165) is 17.1 Å². The van der Waals surface area contributed by atoms with Gasteiger partial charge < -0.3 is 10.1 Å². The first kappa shape index (κ1) is 21.4. The molecule has 0 atom stereocenters. The summed E-state index contributed by atoms with van der Waals surface area (Å²) in [6.45, 7) is 3.56. The van der Waals surface area contributed by atoms with E-state index in [1.165, 1.54) is 12.3 Å². The average molecular weight is 450 g/mol. The Morgan fingerprint density at radius 1 is 0.906 bits per heavy atom. The van der Waals surface area contributed by atoms with Crippen molar-refractivity contribution in [3.8, 4) is 11.5 Å². The van der Waals surface area contributed by atoms with Crippen LogP contribution in [0.3, 0.4) is 0 Å². The molecule has 0 fully saturated rings. The van der Waals surface area contributed by atoms with E-state index >= 15 is 0 Å². The molecule has 0 bridgehead atoms. The highest BCUT2D eigenvalue weighted by molar-refractivity contribution is 7.92. The fourth-order valence-corrected chi connectivity index (χ4v) is 4.23. The minimum atomic E-state index is -3.78. The highest BCUT2D eigenvalue weighted by atomic mass is 32.2. The molecule has 0 aliphatic carbocycles. The van der Waals surface area contributed by atoms with Gasteiger partial charge in [0.15, 0.2) is 0 Å². The Labute approximate surface area is 186 Å². The minimum absolute atomic E-state index is 0.0670. The number of hydrogen-bond donors (Lipinski definition) is 2. The van der Waals surface area contributed by atoms with E-state index in [2.05, 4.69) is 20.1 Å². The predicted molar refractivity (Wildman–Crippen MR) is 124 cm³/mol. The van der Waals surface area contributed by atoms with Crippen LogP contribution in [-0.2, 0) is 17.1 Å². The summed E-state index contributed by atoms with van der Waals surface area (Å²) in [6, 6.07) is 20.1. The van der Waals surface area contributed by atoms with Crippen molar-refractivity contribution in [2.75, 3.05) is 10.0 Å². The lowest BCUT2D eigenvalue weighted by atomic mass is 10.3. The van der Waals surface area contributed by atoms with Gasteiger partial charge in [0.2, 0.25) is 0 Å². The molecule has 0 amide bonds. The molecule has 8 nitrogen and oxygen atoms in total. The van der Waals surface area contributed by atoms with E-state index in [-0.39, 0.29) is 4.90 Å². The number of benzene rings is 2. The van der Waals surface area contributed by atoms with Crippen LogP contribution in [0.15, 0.2) is 77.8 Å². The highest BCUT2D eigenvalue weighted by Crippen LogP contribution is 2.25. The van der Waals surface area contributed by atoms with Crippen LogP contribution >= 0.6 is 0 Å². The largest absolute Gasteiger partial charge is 0.457 e.